The first kappa shape index (κ1) is 25.5. The number of carbonyl (C=O) groups excluding carboxylic acids is 1. The maximum absolute atomic E-state index is 13.1. The zero-order chi connectivity index (χ0) is 26.3. The lowest BCUT2D eigenvalue weighted by Crippen LogP contribution is -2.44. The van der Waals surface area contributed by atoms with Gasteiger partial charge in [-0.3, -0.25) is 14.2 Å². The molecule has 36 heavy (non-hydrogen) atoms. The Hall–Kier alpha value is -3.58. The molecule has 13 heteroatoms. The Kier molecular flexibility index (Phi) is 6.71. The summed E-state index contributed by atoms with van der Waals surface area (Å²) in [6.07, 6.45) is -3.73. The summed E-state index contributed by atoms with van der Waals surface area (Å²) in [5.41, 5.74) is 0.761. The predicted molar refractivity (Wildman–Crippen MR) is 122 cm³/mol. The number of anilines is 1. The maximum atomic E-state index is 13.1. The molecule has 8 nitrogen and oxygen atoms in total. The number of rotatable bonds is 6. The van der Waals surface area contributed by atoms with Crippen molar-refractivity contribution in [3.05, 3.63) is 76.6 Å². The Balaban J connectivity index is 1.44. The topological polar surface area (TPSA) is 101 Å². The highest BCUT2D eigenvalue weighted by atomic mass is 32.2. The summed E-state index contributed by atoms with van der Waals surface area (Å²) in [7, 11) is -4.05. The lowest BCUT2D eigenvalue weighted by Gasteiger charge is -2.23. The molecule has 1 aliphatic heterocycles. The Labute approximate surface area is 203 Å². The van der Waals surface area contributed by atoms with Crippen LogP contribution in [0, 0.1) is 5.82 Å². The third-order valence-electron chi connectivity index (χ3n) is 5.70. The van der Waals surface area contributed by atoms with Gasteiger partial charge in [0.15, 0.2) is 0 Å². The number of fused-ring (bicyclic) bond motifs is 1. The highest BCUT2D eigenvalue weighted by molar-refractivity contribution is 7.89. The number of benzene rings is 2. The van der Waals surface area contributed by atoms with E-state index in [0.29, 0.717) is 21.7 Å². The number of nitrogens with one attached hydrogen (secondary N) is 1. The van der Waals surface area contributed by atoms with Crippen LogP contribution in [0.3, 0.4) is 0 Å². The first-order valence-corrected chi connectivity index (χ1v) is 12.2. The molecule has 0 fully saturated rings. The number of sulfonamides is 1. The van der Waals surface area contributed by atoms with Gasteiger partial charge in [0.2, 0.25) is 10.0 Å². The smallest absolute Gasteiger partial charge is 0.301 e. The van der Waals surface area contributed by atoms with Crippen LogP contribution in [0.25, 0.3) is 11.3 Å². The summed E-state index contributed by atoms with van der Waals surface area (Å²) in [5.74, 6) is -2.43. The highest BCUT2D eigenvalue weighted by Crippen LogP contribution is 2.36. The number of alkyl halides is 3. The monoisotopic (exact) mass is 524 g/mol. The van der Waals surface area contributed by atoms with Crippen molar-refractivity contribution in [1.82, 2.24) is 14.3 Å². The van der Waals surface area contributed by atoms with Crippen molar-refractivity contribution >= 4 is 21.6 Å². The minimum atomic E-state index is -5.05. The molecule has 2 aromatic carbocycles. The van der Waals surface area contributed by atoms with Gasteiger partial charge in [-0.15, -0.1) is 0 Å². The third kappa shape index (κ3) is 5.16. The fourth-order valence-corrected chi connectivity index (χ4v) is 5.05. The van der Waals surface area contributed by atoms with Crippen LogP contribution < -0.4 is 15.2 Å². The van der Waals surface area contributed by atoms with Crippen LogP contribution in [0.5, 0.6) is 0 Å². The van der Waals surface area contributed by atoms with Crippen LogP contribution in [0.15, 0.2) is 64.5 Å². The van der Waals surface area contributed by atoms with Gasteiger partial charge in [0.25, 0.3) is 5.56 Å². The molecule has 4 rings (SSSR count). The predicted octanol–water partition coefficient (Wildman–Crippen LogP) is 2.87. The lowest BCUT2D eigenvalue weighted by atomic mass is 10.1. The Morgan fingerprint density at radius 1 is 1.14 bits per heavy atom. The SMILES string of the molecule is CC1Cc2cc(S(=O)(=O)NCCn3cnc(-c4ccc(F)cc4)cc3=O)ccc2N1C(=O)C(F)(F)F. The summed E-state index contributed by atoms with van der Waals surface area (Å²) in [5, 5.41) is 0. The van der Waals surface area contributed by atoms with Crippen molar-refractivity contribution in [1.29, 1.82) is 0 Å². The van der Waals surface area contributed by atoms with Crippen LogP contribution in [0.1, 0.15) is 12.5 Å². The van der Waals surface area contributed by atoms with Gasteiger partial charge in [-0.2, -0.15) is 13.2 Å². The number of halogens is 4. The maximum Gasteiger partial charge on any atom is 0.471 e. The summed E-state index contributed by atoms with van der Waals surface area (Å²) < 4.78 is 80.9. The molecule has 190 valence electrons. The molecule has 2 heterocycles. The largest absolute Gasteiger partial charge is 0.471 e. The first-order chi connectivity index (χ1) is 16.9. The van der Waals surface area contributed by atoms with Gasteiger partial charge >= 0.3 is 12.1 Å². The van der Waals surface area contributed by atoms with E-state index in [-0.39, 0.29) is 30.1 Å². The Morgan fingerprint density at radius 2 is 1.83 bits per heavy atom. The van der Waals surface area contributed by atoms with Gasteiger partial charge < -0.3 is 4.90 Å². The zero-order valence-electron chi connectivity index (χ0n) is 18.8. The summed E-state index contributed by atoms with van der Waals surface area (Å²) >= 11 is 0. The molecule has 1 unspecified atom stereocenters. The number of nitrogens with zero attached hydrogens (tertiary/aromatic N) is 3. The Bertz CT molecular complexity index is 1470. The zero-order valence-corrected chi connectivity index (χ0v) is 19.6. The molecule has 0 saturated carbocycles. The fourth-order valence-electron chi connectivity index (χ4n) is 3.98. The van der Waals surface area contributed by atoms with Crippen molar-refractivity contribution in [2.75, 3.05) is 11.4 Å². The van der Waals surface area contributed by atoms with Gasteiger partial charge in [0, 0.05) is 36.4 Å². The van der Waals surface area contributed by atoms with Gasteiger partial charge in [0.05, 0.1) is 16.9 Å². The number of aromatic nitrogens is 2. The van der Waals surface area contributed by atoms with Gasteiger partial charge in [-0.05, 0) is 61.4 Å². The minimum Gasteiger partial charge on any atom is -0.301 e. The molecular formula is C23H20F4N4O4S. The Morgan fingerprint density at radius 3 is 2.47 bits per heavy atom. The van der Waals surface area contributed by atoms with E-state index < -0.39 is 39.5 Å². The average Bonchev–Trinajstić information content (AvgIpc) is 3.14. The van der Waals surface area contributed by atoms with E-state index in [0.717, 1.165) is 6.07 Å². The fraction of sp³-hybridized carbons (Fsp3) is 0.261. The van der Waals surface area contributed by atoms with Crippen LogP contribution >= 0.6 is 0 Å². The number of carbonyl (C=O) groups is 1. The normalized spacial score (nSPS) is 15.7. The standard InChI is InChI=1S/C23H20F4N4O4S/c1-14-10-16-11-18(6-7-20(16)31(14)22(33)23(25,26)27)36(34,35)29-8-9-30-13-28-19(12-21(30)32)15-2-4-17(24)5-3-15/h2-7,11-14,29H,8-10H2,1H3. The summed E-state index contributed by atoms with van der Waals surface area (Å²) in [4.78, 5) is 28.7. The molecule has 0 aliphatic carbocycles. The van der Waals surface area contributed by atoms with Crippen LogP contribution in [-0.4, -0.2) is 42.6 Å². The lowest BCUT2D eigenvalue weighted by molar-refractivity contribution is -0.170. The molecule has 1 aliphatic rings. The second-order valence-corrected chi connectivity index (χ2v) is 9.99. The molecule has 3 aromatic rings. The first-order valence-electron chi connectivity index (χ1n) is 10.7. The molecule has 1 aromatic heterocycles. The second kappa shape index (κ2) is 9.47. The molecular weight excluding hydrogens is 504 g/mol. The third-order valence-corrected chi connectivity index (χ3v) is 7.16. The van der Waals surface area contributed by atoms with Crippen molar-refractivity contribution in [3.63, 3.8) is 0 Å². The van der Waals surface area contributed by atoms with Crippen molar-refractivity contribution in [2.45, 2.75) is 37.0 Å². The number of amides is 1. The van der Waals surface area contributed by atoms with Crippen molar-refractivity contribution in [2.24, 2.45) is 0 Å². The van der Waals surface area contributed by atoms with E-state index in [1.165, 1.54) is 60.3 Å². The van der Waals surface area contributed by atoms with Gasteiger partial charge in [-0.25, -0.2) is 22.5 Å². The van der Waals surface area contributed by atoms with Crippen LogP contribution in [0.2, 0.25) is 0 Å². The second-order valence-electron chi connectivity index (χ2n) is 8.23. The molecule has 0 radical (unpaired) electrons. The molecule has 0 spiro atoms. The van der Waals surface area contributed by atoms with E-state index in [2.05, 4.69) is 9.71 Å². The number of hydrogen-bond acceptors (Lipinski definition) is 5. The molecule has 0 saturated heterocycles. The van der Waals surface area contributed by atoms with Crippen LogP contribution in [0.4, 0.5) is 23.2 Å². The van der Waals surface area contributed by atoms with Gasteiger partial charge in [-0.1, -0.05) is 0 Å². The molecule has 1 atom stereocenters. The van der Waals surface area contributed by atoms with E-state index in [4.69, 9.17) is 0 Å². The molecule has 0 bridgehead atoms. The van der Waals surface area contributed by atoms with Gasteiger partial charge in [0.1, 0.15) is 5.82 Å². The number of hydrogen-bond donors (Lipinski definition) is 1. The van der Waals surface area contributed by atoms with Crippen LogP contribution in [-0.2, 0) is 27.8 Å². The van der Waals surface area contributed by atoms with Crippen molar-refractivity contribution in [3.8, 4) is 11.3 Å². The molecule has 1 amide bonds. The summed E-state index contributed by atoms with van der Waals surface area (Å²) in [6, 6.07) is 9.44. The summed E-state index contributed by atoms with van der Waals surface area (Å²) in [6.45, 7) is 1.25. The van der Waals surface area contributed by atoms with E-state index in [1.54, 1.807) is 0 Å². The van der Waals surface area contributed by atoms with E-state index >= 15 is 0 Å². The average molecular weight is 524 g/mol. The minimum absolute atomic E-state index is 0.0163. The quantitative estimate of drug-likeness (QED) is 0.500. The molecule has 1 N–H and O–H groups in total. The highest BCUT2D eigenvalue weighted by Gasteiger charge is 2.47. The van der Waals surface area contributed by atoms with E-state index in [1.807, 2.05) is 0 Å². The van der Waals surface area contributed by atoms with E-state index in [9.17, 15) is 35.6 Å². The van der Waals surface area contributed by atoms with Crippen molar-refractivity contribution < 1.29 is 30.8 Å².